The van der Waals surface area contributed by atoms with Crippen LogP contribution in [0, 0.1) is 0 Å². The first kappa shape index (κ1) is 14.4. The minimum Gasteiger partial charge on any atom is -0.458 e. The number of nitrogens with zero attached hydrogens (tertiary/aromatic N) is 1. The molecule has 1 aliphatic rings. The first-order chi connectivity index (χ1) is 11.3. The normalized spacial score (nSPS) is 16.4. The summed E-state index contributed by atoms with van der Waals surface area (Å²) in [6.45, 7) is 0.270. The molecule has 2 aromatic carbocycles. The van der Waals surface area contributed by atoms with E-state index in [2.05, 4.69) is 23.2 Å². The lowest BCUT2D eigenvalue weighted by atomic mass is 9.98. The zero-order chi connectivity index (χ0) is 15.6. The molecule has 0 N–H and O–H groups in total. The van der Waals surface area contributed by atoms with Crippen LogP contribution in [0.1, 0.15) is 34.9 Å². The Hall–Kier alpha value is -2.20. The molecule has 1 unspecified atom stereocenters. The van der Waals surface area contributed by atoms with E-state index in [1.165, 1.54) is 11.1 Å². The molecule has 0 bridgehead atoms. The second kappa shape index (κ2) is 6.13. The number of ether oxygens (including phenoxy) is 1. The Labute approximate surface area is 138 Å². The van der Waals surface area contributed by atoms with Gasteiger partial charge in [-0.2, -0.15) is 0 Å². The number of aromatic nitrogens is 1. The van der Waals surface area contributed by atoms with Crippen LogP contribution < -0.4 is 0 Å². The molecule has 0 saturated heterocycles. The Morgan fingerprint density at radius 3 is 2.91 bits per heavy atom. The maximum absolute atomic E-state index is 12.2. The summed E-state index contributed by atoms with van der Waals surface area (Å²) < 4.78 is 6.57. The van der Waals surface area contributed by atoms with Gasteiger partial charge in [0.1, 0.15) is 11.6 Å². The van der Waals surface area contributed by atoms with Crippen LogP contribution in [0.15, 0.2) is 48.5 Å². The number of hydrogen-bond donors (Lipinski definition) is 0. The topological polar surface area (TPSA) is 39.2 Å². The second-order valence-electron chi connectivity index (χ2n) is 5.87. The summed E-state index contributed by atoms with van der Waals surface area (Å²) in [5, 5.41) is 0.853. The van der Waals surface area contributed by atoms with Gasteiger partial charge in [0.25, 0.3) is 0 Å². The van der Waals surface area contributed by atoms with E-state index in [0.29, 0.717) is 12.3 Å². The van der Waals surface area contributed by atoms with E-state index < -0.39 is 0 Å². The van der Waals surface area contributed by atoms with E-state index in [4.69, 9.17) is 4.74 Å². The van der Waals surface area contributed by atoms with Gasteiger partial charge in [-0.1, -0.05) is 36.4 Å². The number of hydrogen-bond acceptors (Lipinski definition) is 4. The molecule has 23 heavy (non-hydrogen) atoms. The fraction of sp³-hybridized carbons (Fsp3) is 0.263. The van der Waals surface area contributed by atoms with Gasteiger partial charge in [-0.15, -0.1) is 11.3 Å². The summed E-state index contributed by atoms with van der Waals surface area (Å²) in [6.07, 6.45) is 2.56. The van der Waals surface area contributed by atoms with Gasteiger partial charge in [0.15, 0.2) is 0 Å². The van der Waals surface area contributed by atoms with Gasteiger partial charge in [-0.3, -0.25) is 4.79 Å². The van der Waals surface area contributed by atoms with Gasteiger partial charge in [-0.05, 0) is 42.0 Å². The molecule has 1 heterocycles. The summed E-state index contributed by atoms with van der Waals surface area (Å²) in [6, 6.07) is 16.4. The van der Waals surface area contributed by atoms with Crippen LogP contribution in [-0.4, -0.2) is 11.0 Å². The van der Waals surface area contributed by atoms with Crippen molar-refractivity contribution >= 4 is 27.5 Å². The number of aryl methyl sites for hydroxylation is 1. The molecule has 3 aromatic rings. The van der Waals surface area contributed by atoms with Crippen molar-refractivity contribution in [2.45, 2.75) is 31.8 Å². The molecule has 1 atom stereocenters. The second-order valence-corrected chi connectivity index (χ2v) is 6.99. The quantitative estimate of drug-likeness (QED) is 0.665. The zero-order valence-corrected chi connectivity index (χ0v) is 13.5. The first-order valence-corrected chi connectivity index (χ1v) is 8.69. The van der Waals surface area contributed by atoms with Gasteiger partial charge in [0.05, 0.1) is 16.6 Å². The smallest absolute Gasteiger partial charge is 0.306 e. The third-order valence-electron chi connectivity index (χ3n) is 4.36. The summed E-state index contributed by atoms with van der Waals surface area (Å²) in [7, 11) is 0. The number of carbonyl (C=O) groups excluding carboxylic acids is 1. The van der Waals surface area contributed by atoms with Crippen LogP contribution in [0.5, 0.6) is 0 Å². The van der Waals surface area contributed by atoms with Gasteiger partial charge in [0, 0.05) is 0 Å². The predicted molar refractivity (Wildman–Crippen MR) is 91.5 cm³/mol. The van der Waals surface area contributed by atoms with E-state index in [1.807, 2.05) is 30.3 Å². The number of esters is 1. The molecule has 0 aliphatic heterocycles. The number of benzene rings is 2. The highest BCUT2D eigenvalue weighted by atomic mass is 32.1. The maximum Gasteiger partial charge on any atom is 0.306 e. The number of para-hydroxylation sites is 1. The molecular formula is C19H17NO2S. The number of carbonyl (C=O) groups is 1. The average Bonchev–Trinajstić information content (AvgIpc) is 3.17. The number of fused-ring (bicyclic) bond motifs is 2. The van der Waals surface area contributed by atoms with Crippen LogP contribution >= 0.6 is 11.3 Å². The number of thiazole rings is 1. The molecular weight excluding hydrogens is 306 g/mol. The SMILES string of the molecule is O=C(CC1CCc2ccccc21)OCc1nc2ccccc2s1. The Morgan fingerprint density at radius 2 is 2.00 bits per heavy atom. The summed E-state index contributed by atoms with van der Waals surface area (Å²) in [5.41, 5.74) is 3.65. The van der Waals surface area contributed by atoms with Crippen LogP contribution in [0.2, 0.25) is 0 Å². The van der Waals surface area contributed by atoms with Gasteiger partial charge in [-0.25, -0.2) is 4.98 Å². The Bertz CT molecular complexity index is 822. The summed E-state index contributed by atoms with van der Waals surface area (Å²) in [5.74, 6) is 0.167. The highest BCUT2D eigenvalue weighted by Gasteiger charge is 2.24. The molecule has 4 heteroatoms. The van der Waals surface area contributed by atoms with Gasteiger partial charge in [0.2, 0.25) is 0 Å². The molecule has 4 rings (SSSR count). The van der Waals surface area contributed by atoms with Gasteiger partial charge >= 0.3 is 5.97 Å². The van der Waals surface area contributed by atoms with Crippen LogP contribution in [-0.2, 0) is 22.6 Å². The average molecular weight is 323 g/mol. The third-order valence-corrected chi connectivity index (χ3v) is 5.37. The minimum atomic E-state index is -0.133. The highest BCUT2D eigenvalue weighted by Crippen LogP contribution is 2.35. The standard InChI is InChI=1S/C19H17NO2S/c21-19(11-14-10-9-13-5-1-2-6-15(13)14)22-12-18-20-16-7-3-4-8-17(16)23-18/h1-8,14H,9-12H2. The predicted octanol–water partition coefficient (Wildman–Crippen LogP) is 4.46. The van der Waals surface area contributed by atoms with Crippen molar-refractivity contribution in [2.75, 3.05) is 0 Å². The van der Waals surface area contributed by atoms with E-state index in [-0.39, 0.29) is 12.6 Å². The lowest BCUT2D eigenvalue weighted by molar-refractivity contribution is -0.145. The molecule has 0 saturated carbocycles. The highest BCUT2D eigenvalue weighted by molar-refractivity contribution is 7.18. The largest absolute Gasteiger partial charge is 0.458 e. The van der Waals surface area contributed by atoms with Crippen molar-refractivity contribution in [3.63, 3.8) is 0 Å². The van der Waals surface area contributed by atoms with Crippen molar-refractivity contribution in [1.29, 1.82) is 0 Å². The maximum atomic E-state index is 12.2. The van der Waals surface area contributed by atoms with Crippen molar-refractivity contribution in [3.05, 3.63) is 64.7 Å². The molecule has 0 amide bonds. The summed E-state index contributed by atoms with van der Waals surface area (Å²) in [4.78, 5) is 16.6. The van der Waals surface area contributed by atoms with E-state index in [0.717, 1.165) is 28.1 Å². The Morgan fingerprint density at radius 1 is 1.17 bits per heavy atom. The lowest BCUT2D eigenvalue weighted by Crippen LogP contribution is -2.09. The van der Waals surface area contributed by atoms with E-state index in [1.54, 1.807) is 11.3 Å². The third kappa shape index (κ3) is 2.99. The van der Waals surface area contributed by atoms with Crippen LogP contribution in [0.4, 0.5) is 0 Å². The lowest BCUT2D eigenvalue weighted by Gasteiger charge is -2.10. The molecule has 0 fully saturated rings. The molecule has 0 spiro atoms. The fourth-order valence-electron chi connectivity index (χ4n) is 3.24. The van der Waals surface area contributed by atoms with E-state index in [9.17, 15) is 4.79 Å². The first-order valence-electron chi connectivity index (χ1n) is 7.87. The molecule has 3 nitrogen and oxygen atoms in total. The molecule has 0 radical (unpaired) electrons. The zero-order valence-electron chi connectivity index (χ0n) is 12.7. The van der Waals surface area contributed by atoms with Gasteiger partial charge < -0.3 is 4.74 Å². The fourth-order valence-corrected chi connectivity index (χ4v) is 4.12. The van der Waals surface area contributed by atoms with Crippen molar-refractivity contribution < 1.29 is 9.53 Å². The number of rotatable bonds is 4. The molecule has 1 aliphatic carbocycles. The minimum absolute atomic E-state index is 0.133. The summed E-state index contributed by atoms with van der Waals surface area (Å²) >= 11 is 1.58. The Kier molecular flexibility index (Phi) is 3.83. The van der Waals surface area contributed by atoms with Crippen molar-refractivity contribution in [2.24, 2.45) is 0 Å². The van der Waals surface area contributed by atoms with Crippen LogP contribution in [0.25, 0.3) is 10.2 Å². The Balaban J connectivity index is 1.37. The van der Waals surface area contributed by atoms with Crippen molar-refractivity contribution in [1.82, 2.24) is 4.98 Å². The molecule has 1 aromatic heterocycles. The monoisotopic (exact) mass is 323 g/mol. The van der Waals surface area contributed by atoms with Crippen molar-refractivity contribution in [3.8, 4) is 0 Å². The molecule has 116 valence electrons. The van der Waals surface area contributed by atoms with E-state index >= 15 is 0 Å². The van der Waals surface area contributed by atoms with Crippen LogP contribution in [0.3, 0.4) is 0 Å².